The van der Waals surface area contributed by atoms with Crippen LogP contribution < -0.4 is 5.73 Å². The maximum atomic E-state index is 12.3. The summed E-state index contributed by atoms with van der Waals surface area (Å²) in [6.07, 6.45) is 3.32. The SMILES string of the molecule is CCC(N)(CC)C(=O)N1CCCC(CO)C1. The second kappa shape index (κ2) is 5.64. The molecule has 4 heteroatoms. The predicted octanol–water partition coefficient (Wildman–Crippen LogP) is 0.735. The van der Waals surface area contributed by atoms with Crippen LogP contribution in [0.15, 0.2) is 0 Å². The average molecular weight is 228 g/mol. The lowest BCUT2D eigenvalue weighted by molar-refractivity contribution is -0.139. The lowest BCUT2D eigenvalue weighted by atomic mass is 9.90. The van der Waals surface area contributed by atoms with Gasteiger partial charge in [-0.05, 0) is 31.6 Å². The van der Waals surface area contributed by atoms with Crippen molar-refractivity contribution in [2.45, 2.75) is 45.1 Å². The quantitative estimate of drug-likeness (QED) is 0.745. The highest BCUT2D eigenvalue weighted by molar-refractivity contribution is 5.86. The van der Waals surface area contributed by atoms with Gasteiger partial charge in [-0.1, -0.05) is 13.8 Å². The molecule has 0 aromatic heterocycles. The van der Waals surface area contributed by atoms with Crippen LogP contribution in [0.3, 0.4) is 0 Å². The van der Waals surface area contributed by atoms with Crippen molar-refractivity contribution in [3.8, 4) is 0 Å². The van der Waals surface area contributed by atoms with Gasteiger partial charge in [0.2, 0.25) is 5.91 Å². The van der Waals surface area contributed by atoms with E-state index in [-0.39, 0.29) is 18.4 Å². The Bertz CT molecular complexity index is 239. The van der Waals surface area contributed by atoms with Crippen molar-refractivity contribution in [2.24, 2.45) is 11.7 Å². The van der Waals surface area contributed by atoms with E-state index in [1.165, 1.54) is 0 Å². The predicted molar refractivity (Wildman–Crippen MR) is 63.9 cm³/mol. The maximum Gasteiger partial charge on any atom is 0.242 e. The van der Waals surface area contributed by atoms with Gasteiger partial charge in [-0.3, -0.25) is 4.79 Å². The van der Waals surface area contributed by atoms with Crippen molar-refractivity contribution in [1.29, 1.82) is 0 Å². The Kier molecular flexibility index (Phi) is 4.74. The molecule has 1 fully saturated rings. The number of carbonyl (C=O) groups excluding carboxylic acids is 1. The van der Waals surface area contributed by atoms with Crippen LogP contribution in [0.1, 0.15) is 39.5 Å². The van der Waals surface area contributed by atoms with Crippen molar-refractivity contribution < 1.29 is 9.90 Å². The van der Waals surface area contributed by atoms with Gasteiger partial charge in [-0.2, -0.15) is 0 Å². The van der Waals surface area contributed by atoms with Crippen LogP contribution in [0, 0.1) is 5.92 Å². The first kappa shape index (κ1) is 13.5. The van der Waals surface area contributed by atoms with E-state index in [9.17, 15) is 4.79 Å². The summed E-state index contributed by atoms with van der Waals surface area (Å²) in [7, 11) is 0. The van der Waals surface area contributed by atoms with E-state index in [4.69, 9.17) is 10.8 Å². The lowest BCUT2D eigenvalue weighted by Crippen LogP contribution is -2.56. The van der Waals surface area contributed by atoms with E-state index in [0.29, 0.717) is 19.4 Å². The number of hydrogen-bond acceptors (Lipinski definition) is 3. The molecule has 1 saturated heterocycles. The number of rotatable bonds is 4. The molecule has 4 nitrogen and oxygen atoms in total. The molecular formula is C12H24N2O2. The van der Waals surface area contributed by atoms with Gasteiger partial charge in [0.1, 0.15) is 0 Å². The Morgan fingerprint density at radius 2 is 2.12 bits per heavy atom. The number of nitrogens with two attached hydrogens (primary N) is 1. The molecule has 3 N–H and O–H groups in total. The van der Waals surface area contributed by atoms with Crippen molar-refractivity contribution in [3.63, 3.8) is 0 Å². The fourth-order valence-electron chi connectivity index (χ4n) is 2.27. The largest absolute Gasteiger partial charge is 0.396 e. The van der Waals surface area contributed by atoms with Crippen LogP contribution in [0.4, 0.5) is 0 Å². The summed E-state index contributed by atoms with van der Waals surface area (Å²) in [5, 5.41) is 9.14. The minimum Gasteiger partial charge on any atom is -0.396 e. The molecule has 0 bridgehead atoms. The van der Waals surface area contributed by atoms with Gasteiger partial charge < -0.3 is 15.7 Å². The summed E-state index contributed by atoms with van der Waals surface area (Å²) in [4.78, 5) is 14.1. The monoisotopic (exact) mass is 228 g/mol. The minimum absolute atomic E-state index is 0.0515. The van der Waals surface area contributed by atoms with Crippen LogP contribution in [0.2, 0.25) is 0 Å². The van der Waals surface area contributed by atoms with Gasteiger partial charge in [0, 0.05) is 19.7 Å². The Hall–Kier alpha value is -0.610. The molecule has 1 atom stereocenters. The van der Waals surface area contributed by atoms with Gasteiger partial charge >= 0.3 is 0 Å². The van der Waals surface area contributed by atoms with Crippen molar-refractivity contribution in [3.05, 3.63) is 0 Å². The first-order valence-corrected chi connectivity index (χ1v) is 6.26. The number of amides is 1. The van der Waals surface area contributed by atoms with Crippen LogP contribution in [-0.2, 0) is 4.79 Å². The van der Waals surface area contributed by atoms with Crippen molar-refractivity contribution in [2.75, 3.05) is 19.7 Å². The molecule has 1 amide bonds. The summed E-state index contributed by atoms with van der Waals surface area (Å²) in [5.41, 5.74) is 5.39. The molecular weight excluding hydrogens is 204 g/mol. The zero-order chi connectivity index (χ0) is 12.2. The topological polar surface area (TPSA) is 66.6 Å². The molecule has 0 aliphatic carbocycles. The molecule has 94 valence electrons. The van der Waals surface area contributed by atoms with E-state index in [1.54, 1.807) is 0 Å². The summed E-state index contributed by atoms with van der Waals surface area (Å²) in [6.45, 7) is 5.52. The summed E-state index contributed by atoms with van der Waals surface area (Å²) in [5.74, 6) is 0.284. The van der Waals surface area contributed by atoms with Crippen LogP contribution >= 0.6 is 0 Å². The van der Waals surface area contributed by atoms with Crippen LogP contribution in [0.25, 0.3) is 0 Å². The van der Waals surface area contributed by atoms with E-state index in [1.807, 2.05) is 18.7 Å². The fourth-order valence-corrected chi connectivity index (χ4v) is 2.27. The number of aliphatic hydroxyl groups excluding tert-OH is 1. The normalized spacial score (nSPS) is 22.2. The molecule has 1 unspecified atom stereocenters. The van der Waals surface area contributed by atoms with E-state index >= 15 is 0 Å². The zero-order valence-electron chi connectivity index (χ0n) is 10.4. The van der Waals surface area contributed by atoms with Crippen LogP contribution in [0.5, 0.6) is 0 Å². The number of nitrogens with zero attached hydrogens (tertiary/aromatic N) is 1. The molecule has 0 aromatic carbocycles. The molecule has 1 aliphatic rings. The molecule has 0 radical (unpaired) electrons. The highest BCUT2D eigenvalue weighted by Crippen LogP contribution is 2.21. The van der Waals surface area contributed by atoms with Gasteiger partial charge in [-0.15, -0.1) is 0 Å². The third kappa shape index (κ3) is 2.74. The van der Waals surface area contributed by atoms with Gasteiger partial charge in [0.15, 0.2) is 0 Å². The minimum atomic E-state index is -0.711. The molecule has 1 aliphatic heterocycles. The Morgan fingerprint density at radius 1 is 1.50 bits per heavy atom. The number of piperidine rings is 1. The highest BCUT2D eigenvalue weighted by Gasteiger charge is 2.35. The average Bonchev–Trinajstić information content (AvgIpc) is 2.37. The smallest absolute Gasteiger partial charge is 0.242 e. The first-order valence-electron chi connectivity index (χ1n) is 6.26. The third-order valence-electron chi connectivity index (χ3n) is 3.75. The maximum absolute atomic E-state index is 12.3. The first-order chi connectivity index (χ1) is 7.57. The third-order valence-corrected chi connectivity index (χ3v) is 3.75. The Balaban J connectivity index is 2.65. The molecule has 0 spiro atoms. The molecule has 0 saturated carbocycles. The summed E-state index contributed by atoms with van der Waals surface area (Å²) >= 11 is 0. The summed E-state index contributed by atoms with van der Waals surface area (Å²) < 4.78 is 0. The molecule has 1 heterocycles. The van der Waals surface area contributed by atoms with Gasteiger partial charge in [-0.25, -0.2) is 0 Å². The summed E-state index contributed by atoms with van der Waals surface area (Å²) in [6, 6.07) is 0. The number of likely N-dealkylation sites (tertiary alicyclic amines) is 1. The lowest BCUT2D eigenvalue weighted by Gasteiger charge is -2.37. The Morgan fingerprint density at radius 3 is 2.62 bits per heavy atom. The van der Waals surface area contributed by atoms with Gasteiger partial charge in [0.25, 0.3) is 0 Å². The van der Waals surface area contributed by atoms with E-state index < -0.39 is 5.54 Å². The van der Waals surface area contributed by atoms with Crippen molar-refractivity contribution in [1.82, 2.24) is 4.90 Å². The second-order valence-electron chi connectivity index (χ2n) is 4.81. The molecule has 1 rings (SSSR count). The van der Waals surface area contributed by atoms with E-state index in [2.05, 4.69) is 0 Å². The zero-order valence-corrected chi connectivity index (χ0v) is 10.4. The van der Waals surface area contributed by atoms with Gasteiger partial charge in [0.05, 0.1) is 5.54 Å². The number of carbonyl (C=O) groups is 1. The second-order valence-corrected chi connectivity index (χ2v) is 4.81. The standard InChI is InChI=1S/C12H24N2O2/c1-3-12(13,4-2)11(16)14-7-5-6-10(8-14)9-15/h10,15H,3-9,13H2,1-2H3. The fraction of sp³-hybridized carbons (Fsp3) is 0.917. The number of aliphatic hydroxyl groups is 1. The van der Waals surface area contributed by atoms with Crippen LogP contribution in [-0.4, -0.2) is 41.1 Å². The molecule has 16 heavy (non-hydrogen) atoms. The Labute approximate surface area is 97.8 Å². The highest BCUT2D eigenvalue weighted by atomic mass is 16.3. The van der Waals surface area contributed by atoms with E-state index in [0.717, 1.165) is 19.4 Å². The number of hydrogen-bond donors (Lipinski definition) is 2. The van der Waals surface area contributed by atoms with Crippen molar-refractivity contribution >= 4 is 5.91 Å². The molecule has 0 aromatic rings.